The highest BCUT2D eigenvalue weighted by molar-refractivity contribution is 5.86. The fraction of sp³-hybridized carbons (Fsp3) is 0.240. The Labute approximate surface area is 201 Å². The molecule has 4 aromatic heterocycles. The van der Waals surface area contributed by atoms with Gasteiger partial charge < -0.3 is 10.3 Å². The van der Waals surface area contributed by atoms with E-state index in [0.717, 1.165) is 47.1 Å². The number of anilines is 1. The number of nitrogens with zero attached hydrogens (tertiary/aromatic N) is 9. The van der Waals surface area contributed by atoms with Gasteiger partial charge in [-0.1, -0.05) is 6.07 Å². The summed E-state index contributed by atoms with van der Waals surface area (Å²) in [7, 11) is 0. The van der Waals surface area contributed by atoms with E-state index in [0.29, 0.717) is 23.0 Å². The van der Waals surface area contributed by atoms with Crippen LogP contribution >= 0.6 is 0 Å². The van der Waals surface area contributed by atoms with E-state index in [4.69, 9.17) is 15.7 Å². The summed E-state index contributed by atoms with van der Waals surface area (Å²) < 4.78 is 3.95. The van der Waals surface area contributed by atoms with Gasteiger partial charge in [-0.25, -0.2) is 29.6 Å². The molecule has 2 N–H and O–H groups in total. The molecule has 10 heteroatoms. The Hall–Kier alpha value is -4.65. The lowest BCUT2D eigenvalue weighted by Gasteiger charge is -2.41. The fourth-order valence-electron chi connectivity index (χ4n) is 4.69. The number of benzene rings is 1. The third-order valence-electron chi connectivity index (χ3n) is 6.68. The van der Waals surface area contributed by atoms with Crippen molar-refractivity contribution in [2.75, 3.05) is 5.73 Å². The van der Waals surface area contributed by atoms with Crippen molar-refractivity contribution in [3.63, 3.8) is 0 Å². The molecule has 172 valence electrons. The molecule has 1 aliphatic rings. The number of hydrogen-bond acceptors (Lipinski definition) is 8. The largest absolute Gasteiger partial charge is 0.368 e. The van der Waals surface area contributed by atoms with Crippen LogP contribution in [0.15, 0.2) is 49.1 Å². The molecule has 4 heterocycles. The van der Waals surface area contributed by atoms with Crippen LogP contribution < -0.4 is 5.73 Å². The van der Waals surface area contributed by atoms with E-state index in [1.165, 1.54) is 0 Å². The molecule has 1 aliphatic carbocycles. The summed E-state index contributed by atoms with van der Waals surface area (Å²) in [5.74, 6) is 1.59. The van der Waals surface area contributed by atoms with Crippen LogP contribution in [0.2, 0.25) is 0 Å². The van der Waals surface area contributed by atoms with Gasteiger partial charge in [-0.15, -0.1) is 0 Å². The summed E-state index contributed by atoms with van der Waals surface area (Å²) >= 11 is 0. The lowest BCUT2D eigenvalue weighted by atomic mass is 9.78. The predicted octanol–water partition coefficient (Wildman–Crippen LogP) is 3.80. The average Bonchev–Trinajstić information content (AvgIpc) is 3.46. The second kappa shape index (κ2) is 7.70. The number of hydrogen-bond donors (Lipinski definition) is 1. The third kappa shape index (κ3) is 3.40. The van der Waals surface area contributed by atoms with E-state index in [2.05, 4.69) is 43.7 Å². The van der Waals surface area contributed by atoms with Crippen molar-refractivity contribution < 1.29 is 0 Å². The second-order valence-corrected chi connectivity index (χ2v) is 9.07. The van der Waals surface area contributed by atoms with Gasteiger partial charge in [0.25, 0.3) is 0 Å². The quantitative estimate of drug-likeness (QED) is 0.426. The normalized spacial score (nSPS) is 14.5. The molecule has 0 radical (unpaired) electrons. The molecule has 5 aromatic rings. The predicted molar refractivity (Wildman–Crippen MR) is 130 cm³/mol. The molecule has 0 atom stereocenters. The molecule has 0 saturated heterocycles. The van der Waals surface area contributed by atoms with E-state index in [-0.39, 0.29) is 11.5 Å². The highest BCUT2D eigenvalue weighted by atomic mass is 15.3. The molecule has 1 saturated carbocycles. The zero-order chi connectivity index (χ0) is 24.2. The standard InChI is InChI=1S/C25H22N10/c1-15-30-14-34(33-15)21-7-5-18(11-26)31-22(21)23-32-19-10-16(17-12-28-24(27)29-13-17)4-6-20(19)35(23)25(2)8-3-9-25/h4-7,10,12-14H,3,8-9H2,1-2H3,(H2,27,28,29). The molecular formula is C25H22N10. The number of aromatic nitrogens is 8. The summed E-state index contributed by atoms with van der Waals surface area (Å²) in [6.07, 6.45) is 8.29. The minimum absolute atomic E-state index is 0.101. The maximum absolute atomic E-state index is 9.59. The maximum Gasteiger partial charge on any atom is 0.219 e. The van der Waals surface area contributed by atoms with Crippen molar-refractivity contribution in [1.82, 2.24) is 39.3 Å². The topological polar surface area (TPSA) is 137 Å². The summed E-state index contributed by atoms with van der Waals surface area (Å²) in [6, 6.07) is 11.8. The number of nitrogen functional groups attached to an aromatic ring is 1. The van der Waals surface area contributed by atoms with Crippen molar-refractivity contribution in [2.24, 2.45) is 0 Å². The number of nitriles is 1. The monoisotopic (exact) mass is 462 g/mol. The van der Waals surface area contributed by atoms with Crippen LogP contribution in [0, 0.1) is 18.3 Å². The van der Waals surface area contributed by atoms with E-state index in [1.54, 1.807) is 29.5 Å². The van der Waals surface area contributed by atoms with Crippen molar-refractivity contribution in [3.8, 4) is 34.4 Å². The number of aryl methyl sites for hydroxylation is 1. The molecule has 10 nitrogen and oxygen atoms in total. The van der Waals surface area contributed by atoms with Gasteiger partial charge in [-0.3, -0.25) is 0 Å². The fourth-order valence-corrected chi connectivity index (χ4v) is 4.69. The van der Waals surface area contributed by atoms with Crippen molar-refractivity contribution >= 4 is 17.0 Å². The lowest BCUT2D eigenvalue weighted by Crippen LogP contribution is -2.37. The van der Waals surface area contributed by atoms with Crippen molar-refractivity contribution in [3.05, 3.63) is 60.6 Å². The maximum atomic E-state index is 9.59. The molecule has 1 fully saturated rings. The van der Waals surface area contributed by atoms with Gasteiger partial charge in [0.1, 0.15) is 29.6 Å². The number of nitrogens with two attached hydrogens (primary N) is 1. The molecule has 0 spiro atoms. The third-order valence-corrected chi connectivity index (χ3v) is 6.68. The first-order valence-corrected chi connectivity index (χ1v) is 11.4. The lowest BCUT2D eigenvalue weighted by molar-refractivity contribution is 0.176. The average molecular weight is 463 g/mol. The SMILES string of the molecule is Cc1ncn(-c2ccc(C#N)nc2-c2nc3cc(-c4cnc(N)nc4)ccc3n2C2(C)CCC2)n1. The zero-order valence-electron chi connectivity index (χ0n) is 19.3. The highest BCUT2D eigenvalue weighted by Crippen LogP contribution is 2.44. The van der Waals surface area contributed by atoms with Gasteiger partial charge in [-0.05, 0) is 62.9 Å². The van der Waals surface area contributed by atoms with E-state index < -0.39 is 0 Å². The molecule has 6 rings (SSSR count). The first-order valence-electron chi connectivity index (χ1n) is 11.4. The number of imidazole rings is 1. The Bertz CT molecular complexity index is 1620. The van der Waals surface area contributed by atoms with Gasteiger partial charge in [0.15, 0.2) is 5.82 Å². The van der Waals surface area contributed by atoms with Gasteiger partial charge in [-0.2, -0.15) is 10.4 Å². The van der Waals surface area contributed by atoms with Crippen LogP contribution in [0.1, 0.15) is 37.7 Å². The van der Waals surface area contributed by atoms with Gasteiger partial charge in [0, 0.05) is 23.5 Å². The van der Waals surface area contributed by atoms with Crippen LogP contribution in [-0.2, 0) is 5.54 Å². The minimum Gasteiger partial charge on any atom is -0.368 e. The van der Waals surface area contributed by atoms with Crippen molar-refractivity contribution in [1.29, 1.82) is 5.26 Å². The smallest absolute Gasteiger partial charge is 0.219 e. The van der Waals surface area contributed by atoms with Gasteiger partial charge in [0.2, 0.25) is 5.95 Å². The van der Waals surface area contributed by atoms with Crippen LogP contribution in [0.25, 0.3) is 39.4 Å². The van der Waals surface area contributed by atoms with E-state index in [9.17, 15) is 5.26 Å². The molecule has 0 aliphatic heterocycles. The zero-order valence-corrected chi connectivity index (χ0v) is 19.3. The van der Waals surface area contributed by atoms with E-state index in [1.807, 2.05) is 25.1 Å². The Morgan fingerprint density at radius 1 is 1.03 bits per heavy atom. The Kier molecular flexibility index (Phi) is 4.60. The molecule has 35 heavy (non-hydrogen) atoms. The number of fused-ring (bicyclic) bond motifs is 1. The van der Waals surface area contributed by atoms with Gasteiger partial charge >= 0.3 is 0 Å². The number of pyridine rings is 1. The molecule has 0 amide bonds. The van der Waals surface area contributed by atoms with Crippen LogP contribution in [0.4, 0.5) is 5.95 Å². The first-order chi connectivity index (χ1) is 16.9. The van der Waals surface area contributed by atoms with Crippen molar-refractivity contribution in [2.45, 2.75) is 38.6 Å². The molecule has 0 unspecified atom stereocenters. The van der Waals surface area contributed by atoms with Crippen LogP contribution in [-0.4, -0.2) is 39.3 Å². The number of rotatable bonds is 4. The Balaban J connectivity index is 1.61. The first kappa shape index (κ1) is 20.9. The van der Waals surface area contributed by atoms with Gasteiger partial charge in [0.05, 0.1) is 16.7 Å². The molecule has 0 bridgehead atoms. The Morgan fingerprint density at radius 3 is 2.49 bits per heavy atom. The Morgan fingerprint density at radius 2 is 1.83 bits per heavy atom. The minimum atomic E-state index is -0.101. The summed E-state index contributed by atoms with van der Waals surface area (Å²) in [6.45, 7) is 4.08. The van der Waals surface area contributed by atoms with Crippen LogP contribution in [0.5, 0.6) is 0 Å². The van der Waals surface area contributed by atoms with E-state index >= 15 is 0 Å². The van der Waals surface area contributed by atoms with Crippen LogP contribution in [0.3, 0.4) is 0 Å². The molecule has 1 aromatic carbocycles. The second-order valence-electron chi connectivity index (χ2n) is 9.07. The summed E-state index contributed by atoms with van der Waals surface area (Å²) in [5, 5.41) is 14.1. The molecular weight excluding hydrogens is 440 g/mol. The summed E-state index contributed by atoms with van der Waals surface area (Å²) in [4.78, 5) is 22.3. The highest BCUT2D eigenvalue weighted by Gasteiger charge is 2.38. The summed E-state index contributed by atoms with van der Waals surface area (Å²) in [5.41, 5.74) is 10.8.